The van der Waals surface area contributed by atoms with Crippen molar-refractivity contribution in [1.29, 1.82) is 0 Å². The van der Waals surface area contributed by atoms with E-state index in [-0.39, 0.29) is 18.1 Å². The van der Waals surface area contributed by atoms with Crippen LogP contribution in [0.2, 0.25) is 0 Å². The van der Waals surface area contributed by atoms with Gasteiger partial charge < -0.3 is 14.2 Å². The smallest absolute Gasteiger partial charge is 0.344 e. The zero-order valence-corrected chi connectivity index (χ0v) is 15.2. The minimum atomic E-state index is -0.773. The zero-order valence-electron chi connectivity index (χ0n) is 15.2. The van der Waals surface area contributed by atoms with Gasteiger partial charge in [0.1, 0.15) is 11.2 Å². The summed E-state index contributed by atoms with van der Waals surface area (Å²) >= 11 is 0. The van der Waals surface area contributed by atoms with Crippen LogP contribution in [0.25, 0.3) is 11.0 Å². The molecule has 0 N–H and O–H groups in total. The first-order valence-electron chi connectivity index (χ1n) is 8.97. The fourth-order valence-electron chi connectivity index (χ4n) is 3.19. The van der Waals surface area contributed by atoms with Gasteiger partial charge in [-0.2, -0.15) is 0 Å². The van der Waals surface area contributed by atoms with Gasteiger partial charge in [-0.15, -0.1) is 0 Å². The molecule has 0 atom stereocenters. The Balaban J connectivity index is 1.82. The molecule has 26 heavy (non-hydrogen) atoms. The van der Waals surface area contributed by atoms with Crippen molar-refractivity contribution in [2.45, 2.75) is 39.7 Å². The molecule has 3 heterocycles. The summed E-state index contributed by atoms with van der Waals surface area (Å²) in [5, 5.41) is 0.370. The highest BCUT2D eigenvalue weighted by atomic mass is 16.5. The molecule has 3 rings (SSSR count). The summed E-state index contributed by atoms with van der Waals surface area (Å²) in [5.41, 5.74) is 0.837. The van der Waals surface area contributed by atoms with E-state index >= 15 is 0 Å². The number of rotatable bonds is 4. The van der Waals surface area contributed by atoms with Gasteiger partial charge in [0.25, 0.3) is 5.91 Å². The van der Waals surface area contributed by atoms with E-state index in [4.69, 9.17) is 4.74 Å². The van der Waals surface area contributed by atoms with Crippen LogP contribution >= 0.6 is 0 Å². The van der Waals surface area contributed by atoms with Crippen molar-refractivity contribution in [2.24, 2.45) is 0 Å². The molecule has 0 saturated carbocycles. The van der Waals surface area contributed by atoms with Crippen molar-refractivity contribution >= 4 is 22.9 Å². The number of hydrogen-bond acceptors (Lipinski definition) is 5. The number of carbonyl (C=O) groups excluding carboxylic acids is 2. The number of fused-ring (bicyclic) bond motifs is 1. The molecule has 1 amide bonds. The second-order valence-electron chi connectivity index (χ2n) is 6.50. The lowest BCUT2D eigenvalue weighted by Crippen LogP contribution is -2.38. The molecule has 1 aliphatic heterocycles. The van der Waals surface area contributed by atoms with E-state index in [0.717, 1.165) is 25.0 Å². The Labute approximate surface area is 151 Å². The van der Waals surface area contributed by atoms with Gasteiger partial charge in [0.2, 0.25) is 5.43 Å². The minimum absolute atomic E-state index is 0.0727. The Morgan fingerprint density at radius 3 is 2.62 bits per heavy atom. The number of pyridine rings is 2. The van der Waals surface area contributed by atoms with Crippen LogP contribution in [0.5, 0.6) is 0 Å². The third-order valence-corrected chi connectivity index (χ3v) is 4.66. The number of ether oxygens (including phenoxy) is 1. The van der Waals surface area contributed by atoms with Crippen molar-refractivity contribution < 1.29 is 14.3 Å². The van der Waals surface area contributed by atoms with Crippen LogP contribution in [-0.2, 0) is 16.1 Å². The zero-order chi connectivity index (χ0) is 18.7. The molecule has 0 unspecified atom stereocenters. The quantitative estimate of drug-likeness (QED) is 0.781. The second-order valence-corrected chi connectivity index (χ2v) is 6.50. The van der Waals surface area contributed by atoms with Crippen LogP contribution in [0.4, 0.5) is 0 Å². The summed E-state index contributed by atoms with van der Waals surface area (Å²) in [6.45, 7) is 5.36. The fraction of sp³-hybridized carbons (Fsp3) is 0.474. The number of aromatic nitrogens is 2. The SMILES string of the molecule is CCn1cc(C(=O)OCC(=O)N2CCCCC2)c(=O)c2ccc(C)nc21. The van der Waals surface area contributed by atoms with Crippen LogP contribution in [0, 0.1) is 6.92 Å². The van der Waals surface area contributed by atoms with Crippen LogP contribution in [0.15, 0.2) is 23.1 Å². The summed E-state index contributed by atoms with van der Waals surface area (Å²) in [6, 6.07) is 3.40. The van der Waals surface area contributed by atoms with E-state index in [1.165, 1.54) is 6.20 Å². The molecular formula is C19H23N3O4. The predicted molar refractivity (Wildman–Crippen MR) is 97.1 cm³/mol. The fourth-order valence-corrected chi connectivity index (χ4v) is 3.19. The first-order chi connectivity index (χ1) is 12.5. The van der Waals surface area contributed by atoms with E-state index in [2.05, 4.69) is 4.98 Å². The first-order valence-corrected chi connectivity index (χ1v) is 8.97. The Bertz CT molecular complexity index is 898. The van der Waals surface area contributed by atoms with Crippen molar-refractivity contribution in [2.75, 3.05) is 19.7 Å². The maximum atomic E-state index is 12.6. The molecule has 7 heteroatoms. The molecule has 1 saturated heterocycles. The van der Waals surface area contributed by atoms with Gasteiger partial charge in [-0.05, 0) is 45.2 Å². The van der Waals surface area contributed by atoms with Crippen LogP contribution in [0.3, 0.4) is 0 Å². The highest BCUT2D eigenvalue weighted by Crippen LogP contribution is 2.12. The summed E-state index contributed by atoms with van der Waals surface area (Å²) in [5.74, 6) is -0.989. The number of carbonyl (C=O) groups is 2. The molecule has 0 bridgehead atoms. The van der Waals surface area contributed by atoms with Gasteiger partial charge in [-0.3, -0.25) is 9.59 Å². The van der Waals surface area contributed by atoms with Crippen molar-refractivity contribution in [1.82, 2.24) is 14.5 Å². The summed E-state index contributed by atoms with van der Waals surface area (Å²) in [6.07, 6.45) is 4.52. The highest BCUT2D eigenvalue weighted by molar-refractivity contribution is 5.94. The molecule has 0 aromatic carbocycles. The normalized spacial score (nSPS) is 14.5. The average Bonchev–Trinajstić information content (AvgIpc) is 2.66. The van der Waals surface area contributed by atoms with E-state index in [1.54, 1.807) is 21.6 Å². The topological polar surface area (TPSA) is 81.5 Å². The lowest BCUT2D eigenvalue weighted by atomic mass is 10.1. The van der Waals surface area contributed by atoms with Gasteiger partial charge in [0, 0.05) is 31.5 Å². The molecule has 2 aromatic rings. The third-order valence-electron chi connectivity index (χ3n) is 4.66. The number of aryl methyl sites for hydroxylation is 2. The molecule has 7 nitrogen and oxygen atoms in total. The van der Waals surface area contributed by atoms with E-state index in [0.29, 0.717) is 30.7 Å². The lowest BCUT2D eigenvalue weighted by molar-refractivity contribution is -0.135. The Kier molecular flexibility index (Phi) is 5.35. The monoisotopic (exact) mass is 357 g/mol. The van der Waals surface area contributed by atoms with Gasteiger partial charge >= 0.3 is 5.97 Å². The number of amides is 1. The molecule has 0 spiro atoms. The summed E-state index contributed by atoms with van der Waals surface area (Å²) < 4.78 is 6.88. The largest absolute Gasteiger partial charge is 0.452 e. The number of hydrogen-bond donors (Lipinski definition) is 0. The Morgan fingerprint density at radius 2 is 1.92 bits per heavy atom. The van der Waals surface area contributed by atoms with Gasteiger partial charge in [0.15, 0.2) is 6.61 Å². The molecular weight excluding hydrogens is 334 g/mol. The standard InChI is InChI=1S/C19H23N3O4/c1-3-21-11-15(17(24)14-8-7-13(2)20-18(14)21)19(25)26-12-16(23)22-9-5-4-6-10-22/h7-8,11H,3-6,9-10,12H2,1-2H3. The van der Waals surface area contributed by atoms with E-state index in [9.17, 15) is 14.4 Å². The molecule has 2 aromatic heterocycles. The highest BCUT2D eigenvalue weighted by Gasteiger charge is 2.21. The molecule has 0 aliphatic carbocycles. The summed E-state index contributed by atoms with van der Waals surface area (Å²) in [4.78, 5) is 43.3. The van der Waals surface area contributed by atoms with Gasteiger partial charge in [-0.25, -0.2) is 9.78 Å². The van der Waals surface area contributed by atoms with Crippen LogP contribution in [-0.4, -0.2) is 46.0 Å². The van der Waals surface area contributed by atoms with Crippen LogP contribution < -0.4 is 5.43 Å². The Hall–Kier alpha value is -2.70. The minimum Gasteiger partial charge on any atom is -0.452 e. The van der Waals surface area contributed by atoms with E-state index < -0.39 is 11.4 Å². The summed E-state index contributed by atoms with van der Waals surface area (Å²) in [7, 11) is 0. The number of piperidine rings is 1. The third kappa shape index (κ3) is 3.61. The first kappa shape index (κ1) is 18.1. The maximum absolute atomic E-state index is 12.6. The van der Waals surface area contributed by atoms with Crippen molar-refractivity contribution in [3.8, 4) is 0 Å². The molecule has 0 radical (unpaired) electrons. The van der Waals surface area contributed by atoms with Crippen molar-refractivity contribution in [3.05, 3.63) is 39.8 Å². The van der Waals surface area contributed by atoms with Gasteiger partial charge in [0.05, 0.1) is 5.39 Å². The molecule has 138 valence electrons. The lowest BCUT2D eigenvalue weighted by Gasteiger charge is -2.26. The van der Waals surface area contributed by atoms with Gasteiger partial charge in [-0.1, -0.05) is 0 Å². The number of esters is 1. The average molecular weight is 357 g/mol. The number of nitrogens with zero attached hydrogens (tertiary/aromatic N) is 3. The predicted octanol–water partition coefficient (Wildman–Crippen LogP) is 1.89. The molecule has 1 fully saturated rings. The van der Waals surface area contributed by atoms with E-state index in [1.807, 2.05) is 13.8 Å². The Morgan fingerprint density at radius 1 is 1.19 bits per heavy atom. The number of likely N-dealkylation sites (tertiary alicyclic amines) is 1. The second kappa shape index (κ2) is 7.68. The van der Waals surface area contributed by atoms with Crippen LogP contribution in [0.1, 0.15) is 42.2 Å². The molecule has 1 aliphatic rings. The van der Waals surface area contributed by atoms with Crippen molar-refractivity contribution in [3.63, 3.8) is 0 Å². The maximum Gasteiger partial charge on any atom is 0.344 e.